The number of hydrogen-bond acceptors (Lipinski definition) is 7. The van der Waals surface area contributed by atoms with Crippen LogP contribution in [0.4, 0.5) is 14.5 Å². The molecule has 1 atom stereocenters. The van der Waals surface area contributed by atoms with Crippen LogP contribution in [0.25, 0.3) is 11.4 Å². The van der Waals surface area contributed by atoms with Crippen molar-refractivity contribution in [2.45, 2.75) is 38.1 Å². The summed E-state index contributed by atoms with van der Waals surface area (Å²) >= 11 is 0. The fourth-order valence-electron chi connectivity index (χ4n) is 4.55. The highest BCUT2D eigenvalue weighted by molar-refractivity contribution is 5.69. The summed E-state index contributed by atoms with van der Waals surface area (Å²) in [6.07, 6.45) is 3.35. The summed E-state index contributed by atoms with van der Waals surface area (Å²) in [4.78, 5) is 13.2. The van der Waals surface area contributed by atoms with Gasteiger partial charge < -0.3 is 14.4 Å². The van der Waals surface area contributed by atoms with Gasteiger partial charge in [0.2, 0.25) is 0 Å². The van der Waals surface area contributed by atoms with Gasteiger partial charge in [-0.2, -0.15) is 10.2 Å². The molecule has 1 aliphatic rings. The van der Waals surface area contributed by atoms with E-state index in [-0.39, 0.29) is 34.9 Å². The number of hydrogen-bond donors (Lipinski definition) is 1. The summed E-state index contributed by atoms with van der Waals surface area (Å²) in [5.41, 5.74) is 1.83. The van der Waals surface area contributed by atoms with Gasteiger partial charge >= 0.3 is 5.69 Å². The van der Waals surface area contributed by atoms with Gasteiger partial charge in [-0.25, -0.2) is 8.78 Å². The molecule has 10 nitrogen and oxygen atoms in total. The van der Waals surface area contributed by atoms with Crippen molar-refractivity contribution in [1.82, 2.24) is 24.9 Å². The highest BCUT2D eigenvalue weighted by atomic mass is 19.1. The van der Waals surface area contributed by atoms with Crippen molar-refractivity contribution in [3.63, 3.8) is 0 Å². The summed E-state index contributed by atoms with van der Waals surface area (Å²) in [5, 5.41) is 23.5. The number of nitro groups is 1. The van der Waals surface area contributed by atoms with E-state index in [1.54, 1.807) is 4.68 Å². The first kappa shape index (κ1) is 24.6. The number of nitrogens with one attached hydrogen (secondary N) is 1. The number of methoxy groups -OCH3 is 2. The normalized spacial score (nSPS) is 15.7. The molecule has 0 fully saturated rings. The van der Waals surface area contributed by atoms with Gasteiger partial charge in [0.05, 0.1) is 25.7 Å². The first-order chi connectivity index (χ1) is 16.7. The van der Waals surface area contributed by atoms with Crippen molar-refractivity contribution in [2.75, 3.05) is 34.9 Å². The second-order valence-electron chi connectivity index (χ2n) is 8.83. The maximum absolute atomic E-state index is 15.1. The molecule has 0 saturated heterocycles. The van der Waals surface area contributed by atoms with Gasteiger partial charge in [0, 0.05) is 29.4 Å². The van der Waals surface area contributed by atoms with E-state index in [0.29, 0.717) is 43.7 Å². The van der Waals surface area contributed by atoms with Gasteiger partial charge in [-0.15, -0.1) is 0 Å². The zero-order valence-corrected chi connectivity index (χ0v) is 20.1. The molecule has 0 bridgehead atoms. The average molecular weight is 491 g/mol. The number of aromatic nitrogens is 4. The monoisotopic (exact) mass is 490 g/mol. The number of aromatic amines is 1. The molecule has 12 heteroatoms. The summed E-state index contributed by atoms with van der Waals surface area (Å²) in [6.45, 7) is 1.15. The smallest absolute Gasteiger partial charge is 0.316 e. The van der Waals surface area contributed by atoms with Crippen molar-refractivity contribution in [1.29, 1.82) is 0 Å². The number of rotatable bonds is 8. The van der Waals surface area contributed by atoms with Crippen LogP contribution >= 0.6 is 0 Å². The third kappa shape index (κ3) is 4.70. The van der Waals surface area contributed by atoms with E-state index in [4.69, 9.17) is 9.47 Å². The molecule has 4 rings (SSSR count). The molecule has 0 aliphatic heterocycles. The lowest BCUT2D eigenvalue weighted by Gasteiger charge is -2.19. The van der Waals surface area contributed by atoms with Crippen LogP contribution in [0.15, 0.2) is 12.3 Å². The summed E-state index contributed by atoms with van der Waals surface area (Å²) < 4.78 is 42.0. The highest BCUT2D eigenvalue weighted by Crippen LogP contribution is 2.42. The minimum absolute atomic E-state index is 0.0908. The van der Waals surface area contributed by atoms with Crippen LogP contribution < -0.4 is 9.47 Å². The Labute approximate surface area is 201 Å². The van der Waals surface area contributed by atoms with Crippen LogP contribution in [0.2, 0.25) is 0 Å². The van der Waals surface area contributed by atoms with Crippen molar-refractivity contribution < 1.29 is 23.2 Å². The molecule has 0 saturated carbocycles. The Balaban J connectivity index is 1.72. The average Bonchev–Trinajstić information content (AvgIpc) is 3.36. The predicted molar refractivity (Wildman–Crippen MR) is 124 cm³/mol. The first-order valence-electron chi connectivity index (χ1n) is 11.3. The minimum atomic E-state index is -0.755. The van der Waals surface area contributed by atoms with Gasteiger partial charge in [-0.05, 0) is 45.7 Å². The van der Waals surface area contributed by atoms with E-state index >= 15 is 8.78 Å². The van der Waals surface area contributed by atoms with Crippen LogP contribution in [0.1, 0.15) is 35.6 Å². The van der Waals surface area contributed by atoms with E-state index in [1.165, 1.54) is 26.5 Å². The fraction of sp³-hybridized carbons (Fsp3) is 0.478. The van der Waals surface area contributed by atoms with Crippen LogP contribution in [-0.4, -0.2) is 64.7 Å². The van der Waals surface area contributed by atoms with Crippen molar-refractivity contribution in [3.05, 3.63) is 50.8 Å². The molecule has 35 heavy (non-hydrogen) atoms. The van der Waals surface area contributed by atoms with Gasteiger partial charge in [-0.1, -0.05) is 0 Å². The molecule has 3 aromatic rings. The molecule has 0 radical (unpaired) electrons. The summed E-state index contributed by atoms with van der Waals surface area (Å²) in [7, 11) is 6.45. The largest absolute Gasteiger partial charge is 0.494 e. The SMILES string of the molecule is COc1cc(OC)c(F)c([C@H]2CCCc3c(-c4nn(CCN(C)C)cc4[N+](=O)[O-])n[nH]c3C2)c1F. The van der Waals surface area contributed by atoms with Crippen molar-refractivity contribution >= 4 is 5.69 Å². The lowest BCUT2D eigenvalue weighted by Crippen LogP contribution is -2.18. The molecule has 1 aromatic carbocycles. The molecular weight excluding hydrogens is 462 g/mol. The van der Waals surface area contributed by atoms with Gasteiger partial charge in [-0.3, -0.25) is 19.9 Å². The molecule has 0 amide bonds. The molecule has 2 aromatic heterocycles. The van der Waals surface area contributed by atoms with E-state index in [0.717, 1.165) is 5.56 Å². The lowest BCUT2D eigenvalue weighted by atomic mass is 9.90. The molecule has 2 heterocycles. The standard InChI is InChI=1S/C23H28F2N6O4/c1-29(2)8-9-30-12-16(31(32)33)23(28-30)22-14-7-5-6-13(10-15(14)26-27-22)19-20(24)17(34-3)11-18(35-4)21(19)25/h11-13H,5-10H2,1-4H3,(H,26,27)/t13-/m0/s1. The number of halogens is 2. The Bertz CT molecular complexity index is 1210. The molecular formula is C23H28F2N6O4. The van der Waals surface area contributed by atoms with Crippen LogP contribution in [-0.2, 0) is 19.4 Å². The first-order valence-corrected chi connectivity index (χ1v) is 11.3. The molecule has 1 N–H and O–H groups in total. The zero-order chi connectivity index (χ0) is 25.3. The van der Waals surface area contributed by atoms with Crippen LogP contribution in [0.3, 0.4) is 0 Å². The number of fused-ring (bicyclic) bond motifs is 1. The molecule has 0 unspecified atom stereocenters. The maximum atomic E-state index is 15.1. The molecule has 188 valence electrons. The lowest BCUT2D eigenvalue weighted by molar-refractivity contribution is -0.384. The number of nitrogens with zero attached hydrogens (tertiary/aromatic N) is 5. The highest BCUT2D eigenvalue weighted by Gasteiger charge is 2.32. The topological polar surface area (TPSA) is 111 Å². The minimum Gasteiger partial charge on any atom is -0.494 e. The third-order valence-corrected chi connectivity index (χ3v) is 6.34. The van der Waals surface area contributed by atoms with Crippen molar-refractivity contribution in [3.8, 4) is 22.9 Å². The second kappa shape index (κ2) is 9.98. The quantitative estimate of drug-likeness (QED) is 0.291. The van der Waals surface area contributed by atoms with E-state index in [9.17, 15) is 10.1 Å². The van der Waals surface area contributed by atoms with Gasteiger partial charge in [0.25, 0.3) is 0 Å². The number of H-pyrrole nitrogens is 1. The Morgan fingerprint density at radius 3 is 2.51 bits per heavy atom. The maximum Gasteiger partial charge on any atom is 0.316 e. The van der Waals surface area contributed by atoms with Crippen LogP contribution in [0, 0.1) is 21.7 Å². The van der Waals surface area contributed by atoms with E-state index < -0.39 is 22.5 Å². The number of ether oxygens (including phenoxy) is 2. The predicted octanol–water partition coefficient (Wildman–Crippen LogP) is 3.70. The molecule has 1 aliphatic carbocycles. The fourth-order valence-corrected chi connectivity index (χ4v) is 4.55. The Morgan fingerprint density at radius 2 is 1.91 bits per heavy atom. The van der Waals surface area contributed by atoms with Gasteiger partial charge in [0.15, 0.2) is 28.8 Å². The Morgan fingerprint density at radius 1 is 1.23 bits per heavy atom. The van der Waals surface area contributed by atoms with Crippen molar-refractivity contribution in [2.24, 2.45) is 0 Å². The third-order valence-electron chi connectivity index (χ3n) is 6.34. The zero-order valence-electron chi connectivity index (χ0n) is 20.1. The Kier molecular flexibility index (Phi) is 7.01. The summed E-state index contributed by atoms with van der Waals surface area (Å²) in [5.74, 6) is -2.19. The second-order valence-corrected chi connectivity index (χ2v) is 8.83. The van der Waals surface area contributed by atoms with Crippen LogP contribution in [0.5, 0.6) is 11.5 Å². The summed E-state index contributed by atoms with van der Waals surface area (Å²) in [6, 6.07) is 1.19. The number of likely N-dealkylation sites (N-methyl/N-ethyl adjacent to an activating group) is 1. The molecule has 0 spiro atoms. The van der Waals surface area contributed by atoms with E-state index in [2.05, 4.69) is 15.3 Å². The Hall–Kier alpha value is -3.54. The number of benzene rings is 1. The van der Waals surface area contributed by atoms with E-state index in [1.807, 2.05) is 19.0 Å². The van der Waals surface area contributed by atoms with Gasteiger partial charge in [0.1, 0.15) is 11.9 Å².